The van der Waals surface area contributed by atoms with Gasteiger partial charge in [0.15, 0.2) is 5.82 Å². The third kappa shape index (κ3) is 5.58. The van der Waals surface area contributed by atoms with E-state index >= 15 is 0 Å². The summed E-state index contributed by atoms with van der Waals surface area (Å²) in [7, 11) is 1.64. The number of benzene rings is 1. The summed E-state index contributed by atoms with van der Waals surface area (Å²) in [4.78, 5) is 23.5. The lowest BCUT2D eigenvalue weighted by Crippen LogP contribution is -2.39. The molecule has 4 heterocycles. The monoisotopic (exact) mass is 529 g/mol. The standard InChI is InChI=1S/C29H35N7O3/c1-38-23-11-12-26-21(15-23)16-25(29(37)31-26)27(28-32-33-34-36(28)22-8-3-2-4-9-22)35(19-24-10-6-14-39-24)18-20-7-5-13-30-17-20/h5,7,11-13,15-17,22,24,27H,2-4,6,8-10,14,18-19H2,1H3,(H,31,37). The van der Waals surface area contributed by atoms with E-state index in [1.54, 1.807) is 13.3 Å². The molecule has 1 aliphatic heterocycles. The van der Waals surface area contributed by atoms with Gasteiger partial charge in [-0.05, 0) is 72.0 Å². The Morgan fingerprint density at radius 3 is 2.82 bits per heavy atom. The van der Waals surface area contributed by atoms with Crippen LogP contribution in [0.15, 0.2) is 53.6 Å². The highest BCUT2D eigenvalue weighted by molar-refractivity contribution is 5.80. The zero-order chi connectivity index (χ0) is 26.6. The van der Waals surface area contributed by atoms with Gasteiger partial charge >= 0.3 is 0 Å². The Kier molecular flexibility index (Phi) is 7.64. The highest BCUT2D eigenvalue weighted by Crippen LogP contribution is 2.34. The van der Waals surface area contributed by atoms with Crippen LogP contribution in [0.25, 0.3) is 10.9 Å². The molecule has 2 unspecified atom stereocenters. The molecule has 204 valence electrons. The Morgan fingerprint density at radius 1 is 1.15 bits per heavy atom. The number of methoxy groups -OCH3 is 1. The number of pyridine rings is 2. The maximum Gasteiger partial charge on any atom is 0.253 e. The van der Waals surface area contributed by atoms with E-state index in [0.29, 0.717) is 24.5 Å². The summed E-state index contributed by atoms with van der Waals surface area (Å²) in [5, 5.41) is 14.1. The molecule has 1 aromatic carbocycles. The Balaban J connectivity index is 1.50. The molecule has 1 N–H and O–H groups in total. The Labute approximate surface area is 227 Å². The predicted octanol–water partition coefficient (Wildman–Crippen LogP) is 4.19. The van der Waals surface area contributed by atoms with Crippen molar-refractivity contribution in [3.8, 4) is 5.75 Å². The van der Waals surface area contributed by atoms with Crippen LogP contribution >= 0.6 is 0 Å². The van der Waals surface area contributed by atoms with Gasteiger partial charge in [-0.2, -0.15) is 0 Å². The normalized spacial score (nSPS) is 19.1. The molecule has 2 atom stereocenters. The first kappa shape index (κ1) is 25.6. The minimum Gasteiger partial charge on any atom is -0.497 e. The number of fused-ring (bicyclic) bond motifs is 1. The molecule has 0 radical (unpaired) electrons. The lowest BCUT2D eigenvalue weighted by Gasteiger charge is -2.34. The molecule has 0 amide bonds. The van der Waals surface area contributed by atoms with Gasteiger partial charge in [-0.25, -0.2) is 4.68 Å². The minimum absolute atomic E-state index is 0.0721. The Morgan fingerprint density at radius 2 is 2.05 bits per heavy atom. The fourth-order valence-corrected chi connectivity index (χ4v) is 6.03. The number of rotatable bonds is 9. The second kappa shape index (κ2) is 11.6. The van der Waals surface area contributed by atoms with Crippen molar-refractivity contribution in [1.82, 2.24) is 35.1 Å². The van der Waals surface area contributed by atoms with Crippen molar-refractivity contribution in [2.45, 2.75) is 69.7 Å². The quantitative estimate of drug-likeness (QED) is 0.344. The highest BCUT2D eigenvalue weighted by Gasteiger charge is 2.35. The van der Waals surface area contributed by atoms with Crippen molar-refractivity contribution in [2.75, 3.05) is 20.3 Å². The zero-order valence-corrected chi connectivity index (χ0v) is 22.3. The number of H-pyrrole nitrogens is 1. The Bertz CT molecular complexity index is 1440. The second-order valence-corrected chi connectivity index (χ2v) is 10.6. The lowest BCUT2D eigenvalue weighted by molar-refractivity contribution is 0.0567. The van der Waals surface area contributed by atoms with Gasteiger partial charge in [0.05, 0.1) is 19.3 Å². The first-order chi connectivity index (χ1) is 19.2. The van der Waals surface area contributed by atoms with Crippen molar-refractivity contribution < 1.29 is 9.47 Å². The van der Waals surface area contributed by atoms with Gasteiger partial charge in [0.1, 0.15) is 11.8 Å². The van der Waals surface area contributed by atoms with E-state index in [0.717, 1.165) is 67.3 Å². The van der Waals surface area contributed by atoms with Gasteiger partial charge in [-0.15, -0.1) is 5.10 Å². The van der Waals surface area contributed by atoms with E-state index in [2.05, 4.69) is 36.5 Å². The van der Waals surface area contributed by atoms with Gasteiger partial charge < -0.3 is 14.5 Å². The van der Waals surface area contributed by atoms with Crippen LogP contribution in [-0.4, -0.2) is 61.4 Å². The van der Waals surface area contributed by atoms with E-state index in [1.807, 2.05) is 41.2 Å². The first-order valence-electron chi connectivity index (χ1n) is 13.9. The molecule has 10 nitrogen and oxygen atoms in total. The van der Waals surface area contributed by atoms with E-state index in [1.165, 1.54) is 6.42 Å². The van der Waals surface area contributed by atoms with E-state index in [-0.39, 0.29) is 17.7 Å². The zero-order valence-electron chi connectivity index (χ0n) is 22.3. The van der Waals surface area contributed by atoms with E-state index in [4.69, 9.17) is 9.47 Å². The molecule has 1 saturated heterocycles. The summed E-state index contributed by atoms with van der Waals surface area (Å²) in [6, 6.07) is 11.4. The Hall–Kier alpha value is -3.63. The fraction of sp³-hybridized carbons (Fsp3) is 0.483. The SMILES string of the molecule is COc1ccc2[nH]c(=O)c(C(c3nnnn3C3CCCCC3)N(Cc3cccnc3)CC3CCCO3)cc2c1. The number of tetrazole rings is 1. The van der Waals surface area contributed by atoms with Crippen molar-refractivity contribution in [1.29, 1.82) is 0 Å². The number of nitrogens with zero attached hydrogens (tertiary/aromatic N) is 6. The largest absolute Gasteiger partial charge is 0.497 e. The van der Waals surface area contributed by atoms with Crippen molar-refractivity contribution >= 4 is 10.9 Å². The summed E-state index contributed by atoms with van der Waals surface area (Å²) in [6.45, 7) is 1.98. The molecule has 2 aliphatic rings. The first-order valence-corrected chi connectivity index (χ1v) is 13.9. The summed E-state index contributed by atoms with van der Waals surface area (Å²) in [5.74, 6) is 1.42. The number of hydrogen-bond donors (Lipinski definition) is 1. The molecule has 39 heavy (non-hydrogen) atoms. The third-order valence-corrected chi connectivity index (χ3v) is 7.99. The summed E-state index contributed by atoms with van der Waals surface area (Å²) < 4.78 is 13.5. The van der Waals surface area contributed by atoms with Gasteiger partial charge in [0, 0.05) is 48.6 Å². The molecule has 6 rings (SSSR count). The average Bonchev–Trinajstić information content (AvgIpc) is 3.67. The van der Waals surface area contributed by atoms with Crippen LogP contribution in [0.3, 0.4) is 0 Å². The van der Waals surface area contributed by atoms with E-state index in [9.17, 15) is 4.79 Å². The van der Waals surface area contributed by atoms with Crippen LogP contribution in [0, 0.1) is 0 Å². The highest BCUT2D eigenvalue weighted by atomic mass is 16.5. The molecule has 3 aromatic heterocycles. The van der Waals surface area contributed by atoms with Crippen molar-refractivity contribution in [2.24, 2.45) is 0 Å². The fourth-order valence-electron chi connectivity index (χ4n) is 6.03. The summed E-state index contributed by atoms with van der Waals surface area (Å²) in [5.41, 5.74) is 2.26. The van der Waals surface area contributed by atoms with E-state index < -0.39 is 6.04 Å². The van der Waals surface area contributed by atoms with Gasteiger partial charge in [-0.1, -0.05) is 25.3 Å². The molecular formula is C29H35N7O3. The summed E-state index contributed by atoms with van der Waals surface area (Å²) >= 11 is 0. The number of nitrogens with one attached hydrogen (secondary N) is 1. The predicted molar refractivity (Wildman–Crippen MR) is 147 cm³/mol. The average molecular weight is 530 g/mol. The summed E-state index contributed by atoms with van der Waals surface area (Å²) in [6.07, 6.45) is 11.3. The molecule has 0 bridgehead atoms. The van der Waals surface area contributed by atoms with Crippen molar-refractivity contribution in [3.05, 3.63) is 76.1 Å². The topological polar surface area (TPSA) is 111 Å². The third-order valence-electron chi connectivity index (χ3n) is 7.99. The molecule has 4 aromatic rings. The van der Waals surface area contributed by atoms with Crippen LogP contribution < -0.4 is 10.3 Å². The number of aromatic nitrogens is 6. The van der Waals surface area contributed by atoms with Gasteiger partial charge in [-0.3, -0.25) is 14.7 Å². The maximum atomic E-state index is 13.8. The number of hydrogen-bond acceptors (Lipinski definition) is 8. The van der Waals surface area contributed by atoms with Crippen LogP contribution in [0.4, 0.5) is 0 Å². The maximum absolute atomic E-state index is 13.8. The van der Waals surface area contributed by atoms with Gasteiger partial charge in [0.25, 0.3) is 5.56 Å². The van der Waals surface area contributed by atoms with Crippen LogP contribution in [0.2, 0.25) is 0 Å². The van der Waals surface area contributed by atoms with Crippen LogP contribution in [-0.2, 0) is 11.3 Å². The number of ether oxygens (including phenoxy) is 2. The molecule has 1 aliphatic carbocycles. The molecule has 2 fully saturated rings. The molecule has 1 saturated carbocycles. The molecule has 0 spiro atoms. The van der Waals surface area contributed by atoms with Crippen LogP contribution in [0.5, 0.6) is 5.75 Å². The smallest absolute Gasteiger partial charge is 0.253 e. The molecular weight excluding hydrogens is 494 g/mol. The molecule has 10 heteroatoms. The second-order valence-electron chi connectivity index (χ2n) is 10.6. The van der Waals surface area contributed by atoms with Crippen LogP contribution in [0.1, 0.15) is 74.0 Å². The number of aromatic amines is 1. The minimum atomic E-state index is -0.481. The van der Waals surface area contributed by atoms with Crippen molar-refractivity contribution in [3.63, 3.8) is 0 Å². The lowest BCUT2D eigenvalue weighted by atomic mass is 9.95. The van der Waals surface area contributed by atoms with Gasteiger partial charge in [0.2, 0.25) is 0 Å².